The van der Waals surface area contributed by atoms with Crippen molar-refractivity contribution in [2.24, 2.45) is 0 Å². The average Bonchev–Trinajstić information content (AvgIpc) is 1.83. The van der Waals surface area contributed by atoms with Crippen LogP contribution in [-0.2, 0) is 9.47 Å². The second-order valence-corrected chi connectivity index (χ2v) is 3.37. The molecular weight excluding hydrogens is 142 g/mol. The lowest BCUT2D eigenvalue weighted by Gasteiger charge is -2.41. The Morgan fingerprint density at radius 2 is 2.18 bits per heavy atom. The van der Waals surface area contributed by atoms with Gasteiger partial charge in [0, 0.05) is 13.1 Å². The summed E-state index contributed by atoms with van der Waals surface area (Å²) in [4.78, 5) is 2.47. The van der Waals surface area contributed by atoms with Crippen LogP contribution < -0.4 is 0 Å². The third-order valence-electron chi connectivity index (χ3n) is 2.41. The summed E-state index contributed by atoms with van der Waals surface area (Å²) in [6, 6.07) is 0.682. The number of nitrogens with zero attached hydrogens (tertiary/aromatic N) is 1. The lowest BCUT2D eigenvalue weighted by molar-refractivity contribution is -0.110. The summed E-state index contributed by atoms with van der Waals surface area (Å²) in [5.41, 5.74) is 0. The maximum absolute atomic E-state index is 5.44. The number of hydrogen-bond acceptors (Lipinski definition) is 3. The molecule has 3 heteroatoms. The predicted octanol–water partition coefficient (Wildman–Crippen LogP) is 0.106. The highest BCUT2D eigenvalue weighted by Crippen LogP contribution is 2.14. The Kier molecular flexibility index (Phi) is 2.11. The first-order valence-electron chi connectivity index (χ1n) is 4.29. The maximum atomic E-state index is 5.44. The molecule has 64 valence electrons. The quantitative estimate of drug-likeness (QED) is 0.539. The van der Waals surface area contributed by atoms with Gasteiger partial charge in [-0.25, -0.2) is 0 Å². The predicted molar refractivity (Wildman–Crippen MR) is 41.6 cm³/mol. The fourth-order valence-electron chi connectivity index (χ4n) is 1.61. The first-order valence-corrected chi connectivity index (χ1v) is 4.29. The molecule has 2 rings (SSSR count). The zero-order valence-electron chi connectivity index (χ0n) is 6.95. The lowest BCUT2D eigenvalue weighted by Crippen LogP contribution is -2.54. The van der Waals surface area contributed by atoms with Crippen molar-refractivity contribution in [1.29, 1.82) is 0 Å². The average molecular weight is 157 g/mol. The molecule has 2 heterocycles. The van der Waals surface area contributed by atoms with E-state index >= 15 is 0 Å². The van der Waals surface area contributed by atoms with E-state index in [1.807, 2.05) is 0 Å². The van der Waals surface area contributed by atoms with Gasteiger partial charge < -0.3 is 9.47 Å². The molecule has 11 heavy (non-hydrogen) atoms. The van der Waals surface area contributed by atoms with E-state index in [-0.39, 0.29) is 0 Å². The molecule has 0 bridgehead atoms. The van der Waals surface area contributed by atoms with Crippen LogP contribution in [0.1, 0.15) is 6.92 Å². The fourth-order valence-corrected chi connectivity index (χ4v) is 1.61. The van der Waals surface area contributed by atoms with E-state index in [1.165, 1.54) is 0 Å². The highest BCUT2D eigenvalue weighted by atomic mass is 16.5. The molecule has 2 aliphatic rings. The van der Waals surface area contributed by atoms with Gasteiger partial charge in [-0.2, -0.15) is 0 Å². The van der Waals surface area contributed by atoms with Crippen LogP contribution in [0.5, 0.6) is 0 Å². The molecule has 0 aromatic rings. The summed E-state index contributed by atoms with van der Waals surface area (Å²) in [6.07, 6.45) is 0.407. The first kappa shape index (κ1) is 7.53. The van der Waals surface area contributed by atoms with Gasteiger partial charge in [-0.3, -0.25) is 4.90 Å². The SMILES string of the molecule is CC1CN(C2COC2)CCO1. The summed E-state index contributed by atoms with van der Waals surface area (Å²) in [5, 5.41) is 0. The minimum absolute atomic E-state index is 0.407. The zero-order valence-corrected chi connectivity index (χ0v) is 6.95. The number of rotatable bonds is 1. The molecule has 2 fully saturated rings. The van der Waals surface area contributed by atoms with E-state index in [2.05, 4.69) is 11.8 Å². The van der Waals surface area contributed by atoms with Crippen LogP contribution in [0.2, 0.25) is 0 Å². The first-order chi connectivity index (χ1) is 5.36. The second-order valence-electron chi connectivity index (χ2n) is 3.37. The van der Waals surface area contributed by atoms with Crippen molar-refractivity contribution in [3.63, 3.8) is 0 Å². The van der Waals surface area contributed by atoms with Crippen LogP contribution in [0, 0.1) is 0 Å². The monoisotopic (exact) mass is 157 g/mol. The molecule has 2 aliphatic heterocycles. The molecule has 0 radical (unpaired) electrons. The summed E-state index contributed by atoms with van der Waals surface area (Å²) in [7, 11) is 0. The maximum Gasteiger partial charge on any atom is 0.0674 e. The van der Waals surface area contributed by atoms with Crippen LogP contribution in [0.25, 0.3) is 0 Å². The fraction of sp³-hybridized carbons (Fsp3) is 1.00. The highest BCUT2D eigenvalue weighted by molar-refractivity contribution is 4.80. The molecule has 1 unspecified atom stereocenters. The Balaban J connectivity index is 1.82. The van der Waals surface area contributed by atoms with E-state index in [4.69, 9.17) is 9.47 Å². The molecule has 1 atom stereocenters. The van der Waals surface area contributed by atoms with Crippen molar-refractivity contribution >= 4 is 0 Å². The molecule has 0 aliphatic carbocycles. The smallest absolute Gasteiger partial charge is 0.0674 e. The van der Waals surface area contributed by atoms with Crippen LogP contribution >= 0.6 is 0 Å². The Labute approximate surface area is 67.3 Å². The summed E-state index contributed by atoms with van der Waals surface area (Å²) in [5.74, 6) is 0. The van der Waals surface area contributed by atoms with E-state index in [9.17, 15) is 0 Å². The van der Waals surface area contributed by atoms with Crippen LogP contribution in [0.3, 0.4) is 0 Å². The molecule has 0 aromatic carbocycles. The highest BCUT2D eigenvalue weighted by Gasteiger charge is 2.28. The number of ether oxygens (including phenoxy) is 2. The van der Waals surface area contributed by atoms with Crippen molar-refractivity contribution in [3.05, 3.63) is 0 Å². The van der Waals surface area contributed by atoms with Gasteiger partial charge in [0.15, 0.2) is 0 Å². The van der Waals surface area contributed by atoms with Crippen LogP contribution in [-0.4, -0.2) is 50.0 Å². The number of morpholine rings is 1. The lowest BCUT2D eigenvalue weighted by atomic mass is 10.2. The molecule has 0 aromatic heterocycles. The van der Waals surface area contributed by atoms with Gasteiger partial charge in [-0.05, 0) is 6.92 Å². The summed E-state index contributed by atoms with van der Waals surface area (Å²) in [6.45, 7) is 7.02. The minimum atomic E-state index is 0.407. The third kappa shape index (κ3) is 1.55. The van der Waals surface area contributed by atoms with Gasteiger partial charge >= 0.3 is 0 Å². The van der Waals surface area contributed by atoms with Crippen molar-refractivity contribution in [2.45, 2.75) is 19.1 Å². The number of hydrogen-bond donors (Lipinski definition) is 0. The molecular formula is C8H15NO2. The largest absolute Gasteiger partial charge is 0.378 e. The van der Waals surface area contributed by atoms with Gasteiger partial charge in [0.25, 0.3) is 0 Å². The van der Waals surface area contributed by atoms with Crippen molar-refractivity contribution in [2.75, 3.05) is 32.9 Å². The van der Waals surface area contributed by atoms with Gasteiger partial charge in [0.2, 0.25) is 0 Å². The second kappa shape index (κ2) is 3.09. The van der Waals surface area contributed by atoms with E-state index in [1.54, 1.807) is 0 Å². The molecule has 0 N–H and O–H groups in total. The topological polar surface area (TPSA) is 21.7 Å². The van der Waals surface area contributed by atoms with Crippen molar-refractivity contribution in [1.82, 2.24) is 4.90 Å². The molecule has 0 spiro atoms. The van der Waals surface area contributed by atoms with Gasteiger partial charge in [0.05, 0.1) is 32.0 Å². The Hall–Kier alpha value is -0.120. The zero-order chi connectivity index (χ0) is 7.68. The third-order valence-corrected chi connectivity index (χ3v) is 2.41. The van der Waals surface area contributed by atoms with Crippen LogP contribution in [0.15, 0.2) is 0 Å². The van der Waals surface area contributed by atoms with Crippen LogP contribution in [0.4, 0.5) is 0 Å². The van der Waals surface area contributed by atoms with E-state index in [0.29, 0.717) is 12.1 Å². The summed E-state index contributed by atoms with van der Waals surface area (Å²) >= 11 is 0. The molecule has 2 saturated heterocycles. The van der Waals surface area contributed by atoms with E-state index in [0.717, 1.165) is 32.9 Å². The minimum Gasteiger partial charge on any atom is -0.378 e. The van der Waals surface area contributed by atoms with Crippen molar-refractivity contribution < 1.29 is 9.47 Å². The molecule has 0 saturated carbocycles. The molecule has 0 amide bonds. The molecule has 3 nitrogen and oxygen atoms in total. The standard InChI is InChI=1S/C8H15NO2/c1-7-4-9(2-3-11-7)8-5-10-6-8/h7-8H,2-6H2,1H3. The normalized spacial score (nSPS) is 35.2. The Morgan fingerprint density at radius 3 is 2.73 bits per heavy atom. The van der Waals surface area contributed by atoms with E-state index < -0.39 is 0 Å². The van der Waals surface area contributed by atoms with Gasteiger partial charge in [-0.15, -0.1) is 0 Å². The Bertz CT molecular complexity index is 136. The van der Waals surface area contributed by atoms with Crippen molar-refractivity contribution in [3.8, 4) is 0 Å². The Morgan fingerprint density at radius 1 is 1.36 bits per heavy atom. The van der Waals surface area contributed by atoms with Gasteiger partial charge in [0.1, 0.15) is 0 Å². The van der Waals surface area contributed by atoms with Gasteiger partial charge in [-0.1, -0.05) is 0 Å². The summed E-state index contributed by atoms with van der Waals surface area (Å²) < 4.78 is 10.6.